The van der Waals surface area contributed by atoms with Crippen LogP contribution in [0.25, 0.3) is 0 Å². The molecule has 4 nitrogen and oxygen atoms in total. The van der Waals surface area contributed by atoms with Crippen LogP contribution in [0.15, 0.2) is 0 Å². The molecule has 0 aliphatic rings. The molecule has 0 aliphatic carbocycles. The average molecular weight is 249 g/mol. The summed E-state index contributed by atoms with van der Waals surface area (Å²) in [6.45, 7) is 4.74. The number of hydrogen-bond acceptors (Lipinski definition) is 4. The highest BCUT2D eigenvalue weighted by atomic mass is 32.2. The number of ether oxygens (including phenoxy) is 1. The Morgan fingerprint density at radius 1 is 1.56 bits per heavy atom. The van der Waals surface area contributed by atoms with Crippen molar-refractivity contribution in [3.05, 3.63) is 0 Å². The first-order valence-electron chi connectivity index (χ1n) is 5.57. The number of rotatable bonds is 9. The Hall–Kier alpha value is -0.260. The molecule has 2 N–H and O–H groups in total. The van der Waals surface area contributed by atoms with E-state index in [1.54, 1.807) is 14.0 Å². The summed E-state index contributed by atoms with van der Waals surface area (Å²) < 4.78 is 4.88. The number of thioether (sulfide) groups is 1. The monoisotopic (exact) mass is 249 g/mol. The Bertz CT molecular complexity index is 198. The van der Waals surface area contributed by atoms with Crippen molar-refractivity contribution >= 4 is 17.7 Å². The summed E-state index contributed by atoms with van der Waals surface area (Å²) in [5, 5.41) is 12.6. The minimum atomic E-state index is -0.790. The SMILES string of the molecule is CCCC(C)(O)CNC(=O)CSCCOC. The van der Waals surface area contributed by atoms with Crippen LogP contribution < -0.4 is 5.32 Å². The molecular weight excluding hydrogens is 226 g/mol. The van der Waals surface area contributed by atoms with Gasteiger partial charge in [0.2, 0.25) is 5.91 Å². The molecule has 0 aromatic rings. The van der Waals surface area contributed by atoms with E-state index in [0.717, 1.165) is 12.2 Å². The van der Waals surface area contributed by atoms with Crippen LogP contribution in [0, 0.1) is 0 Å². The molecule has 16 heavy (non-hydrogen) atoms. The minimum absolute atomic E-state index is 0.0301. The molecule has 0 aromatic carbocycles. The summed E-state index contributed by atoms with van der Waals surface area (Å²) in [6.07, 6.45) is 1.61. The number of aliphatic hydroxyl groups is 1. The molecule has 0 fully saturated rings. The van der Waals surface area contributed by atoms with Gasteiger partial charge in [0.15, 0.2) is 0 Å². The van der Waals surface area contributed by atoms with E-state index in [1.165, 1.54) is 11.8 Å². The molecule has 1 atom stereocenters. The molecule has 0 radical (unpaired) electrons. The fraction of sp³-hybridized carbons (Fsp3) is 0.909. The Kier molecular flexibility index (Phi) is 8.70. The summed E-state index contributed by atoms with van der Waals surface area (Å²) >= 11 is 1.53. The van der Waals surface area contributed by atoms with Crippen LogP contribution >= 0.6 is 11.8 Å². The lowest BCUT2D eigenvalue weighted by atomic mass is 10.0. The first kappa shape index (κ1) is 15.7. The van der Waals surface area contributed by atoms with E-state index >= 15 is 0 Å². The molecule has 0 aromatic heterocycles. The maximum atomic E-state index is 11.4. The van der Waals surface area contributed by atoms with Crippen molar-refractivity contribution in [2.24, 2.45) is 0 Å². The predicted molar refractivity (Wildman–Crippen MR) is 67.7 cm³/mol. The summed E-state index contributed by atoms with van der Waals surface area (Å²) in [7, 11) is 1.64. The molecule has 0 spiro atoms. The Morgan fingerprint density at radius 2 is 2.25 bits per heavy atom. The quantitative estimate of drug-likeness (QED) is 0.599. The van der Waals surface area contributed by atoms with E-state index < -0.39 is 5.60 Å². The van der Waals surface area contributed by atoms with Gasteiger partial charge in [-0.1, -0.05) is 13.3 Å². The Morgan fingerprint density at radius 3 is 2.81 bits per heavy atom. The van der Waals surface area contributed by atoms with E-state index in [2.05, 4.69) is 5.32 Å². The molecule has 0 saturated carbocycles. The molecule has 96 valence electrons. The normalized spacial score (nSPS) is 14.5. The zero-order valence-electron chi connectivity index (χ0n) is 10.4. The second-order valence-corrected chi connectivity index (χ2v) is 5.17. The van der Waals surface area contributed by atoms with Gasteiger partial charge in [0, 0.05) is 19.4 Å². The molecule has 0 aliphatic heterocycles. The second kappa shape index (κ2) is 8.84. The predicted octanol–water partition coefficient (Wildman–Crippen LogP) is 1.03. The summed E-state index contributed by atoms with van der Waals surface area (Å²) in [5.41, 5.74) is -0.790. The zero-order chi connectivity index (χ0) is 12.4. The fourth-order valence-corrected chi connectivity index (χ4v) is 1.99. The summed E-state index contributed by atoms with van der Waals surface area (Å²) in [5.74, 6) is 1.21. The summed E-state index contributed by atoms with van der Waals surface area (Å²) in [6, 6.07) is 0. The average Bonchev–Trinajstić information content (AvgIpc) is 2.22. The molecule has 0 bridgehead atoms. The number of carbonyl (C=O) groups excluding carboxylic acids is 1. The van der Waals surface area contributed by atoms with Gasteiger partial charge >= 0.3 is 0 Å². The van der Waals surface area contributed by atoms with Crippen LogP contribution in [0.4, 0.5) is 0 Å². The topological polar surface area (TPSA) is 58.6 Å². The lowest BCUT2D eigenvalue weighted by Crippen LogP contribution is -2.41. The van der Waals surface area contributed by atoms with Crippen molar-refractivity contribution in [3.63, 3.8) is 0 Å². The maximum absolute atomic E-state index is 11.4. The maximum Gasteiger partial charge on any atom is 0.230 e. The largest absolute Gasteiger partial charge is 0.388 e. The van der Waals surface area contributed by atoms with Crippen molar-refractivity contribution in [2.45, 2.75) is 32.3 Å². The van der Waals surface area contributed by atoms with Crippen molar-refractivity contribution in [2.75, 3.05) is 31.8 Å². The van der Waals surface area contributed by atoms with Gasteiger partial charge in [-0.3, -0.25) is 4.79 Å². The highest BCUT2D eigenvalue weighted by molar-refractivity contribution is 7.99. The van der Waals surface area contributed by atoms with E-state index in [4.69, 9.17) is 4.74 Å². The van der Waals surface area contributed by atoms with Crippen molar-refractivity contribution in [1.82, 2.24) is 5.32 Å². The van der Waals surface area contributed by atoms with Gasteiger partial charge in [-0.2, -0.15) is 0 Å². The standard InChI is InChI=1S/C11H23NO3S/c1-4-5-11(2,14)9-12-10(13)8-16-7-6-15-3/h14H,4-9H2,1-3H3,(H,12,13). The van der Waals surface area contributed by atoms with Gasteiger partial charge in [-0.25, -0.2) is 0 Å². The van der Waals surface area contributed by atoms with Gasteiger partial charge in [-0.15, -0.1) is 11.8 Å². The van der Waals surface area contributed by atoms with Crippen molar-refractivity contribution in [1.29, 1.82) is 0 Å². The van der Waals surface area contributed by atoms with Gasteiger partial charge in [0.1, 0.15) is 0 Å². The highest BCUT2D eigenvalue weighted by Gasteiger charge is 2.19. The van der Waals surface area contributed by atoms with Crippen LogP contribution in [-0.4, -0.2) is 48.4 Å². The Labute approximate surface area is 102 Å². The van der Waals surface area contributed by atoms with Gasteiger partial charge < -0.3 is 15.2 Å². The molecule has 1 amide bonds. The first-order chi connectivity index (χ1) is 7.52. The van der Waals surface area contributed by atoms with Crippen molar-refractivity contribution < 1.29 is 14.6 Å². The van der Waals surface area contributed by atoms with Crippen LogP contribution in [0.1, 0.15) is 26.7 Å². The van der Waals surface area contributed by atoms with Gasteiger partial charge in [0.25, 0.3) is 0 Å². The summed E-state index contributed by atoms with van der Waals surface area (Å²) in [4.78, 5) is 11.4. The smallest absolute Gasteiger partial charge is 0.230 e. The fourth-order valence-electron chi connectivity index (χ4n) is 1.27. The van der Waals surface area contributed by atoms with Crippen LogP contribution in [-0.2, 0) is 9.53 Å². The number of methoxy groups -OCH3 is 1. The Balaban J connectivity index is 3.56. The minimum Gasteiger partial charge on any atom is -0.388 e. The van der Waals surface area contributed by atoms with Crippen LogP contribution in [0.3, 0.4) is 0 Å². The number of amides is 1. The molecule has 5 heteroatoms. The molecule has 0 heterocycles. The lowest BCUT2D eigenvalue weighted by Gasteiger charge is -2.22. The first-order valence-corrected chi connectivity index (χ1v) is 6.73. The molecular formula is C11H23NO3S. The van der Waals surface area contributed by atoms with Crippen LogP contribution in [0.2, 0.25) is 0 Å². The van der Waals surface area contributed by atoms with E-state index in [1.807, 2.05) is 6.92 Å². The molecule has 1 unspecified atom stereocenters. The van der Waals surface area contributed by atoms with E-state index in [-0.39, 0.29) is 5.91 Å². The third-order valence-electron chi connectivity index (χ3n) is 2.12. The van der Waals surface area contributed by atoms with Crippen LogP contribution in [0.5, 0.6) is 0 Å². The van der Waals surface area contributed by atoms with E-state index in [0.29, 0.717) is 25.3 Å². The molecule has 0 rings (SSSR count). The number of carbonyl (C=O) groups is 1. The van der Waals surface area contributed by atoms with Crippen molar-refractivity contribution in [3.8, 4) is 0 Å². The van der Waals surface area contributed by atoms with E-state index in [9.17, 15) is 9.90 Å². The number of hydrogen-bond donors (Lipinski definition) is 2. The van der Waals surface area contributed by atoms with Gasteiger partial charge in [-0.05, 0) is 13.3 Å². The lowest BCUT2D eigenvalue weighted by molar-refractivity contribution is -0.119. The third-order valence-corrected chi connectivity index (χ3v) is 3.04. The second-order valence-electron chi connectivity index (χ2n) is 4.07. The molecule has 0 saturated heterocycles. The zero-order valence-corrected chi connectivity index (χ0v) is 11.2. The number of nitrogens with one attached hydrogen (secondary N) is 1. The van der Waals surface area contributed by atoms with Gasteiger partial charge in [0.05, 0.1) is 18.0 Å². The third kappa shape index (κ3) is 9.00. The highest BCUT2D eigenvalue weighted by Crippen LogP contribution is 2.10.